The van der Waals surface area contributed by atoms with Gasteiger partial charge in [-0.15, -0.1) is 0 Å². The van der Waals surface area contributed by atoms with E-state index in [0.29, 0.717) is 12.0 Å². The highest BCUT2D eigenvalue weighted by molar-refractivity contribution is 9.10. The van der Waals surface area contributed by atoms with E-state index in [1.165, 1.54) is 31.2 Å². The number of hydrazine groups is 1. The molecule has 0 radical (unpaired) electrons. The summed E-state index contributed by atoms with van der Waals surface area (Å²) in [4.78, 5) is 0. The van der Waals surface area contributed by atoms with Gasteiger partial charge in [-0.05, 0) is 54.9 Å². The fourth-order valence-electron chi connectivity index (χ4n) is 3.36. The molecular weight excluding hydrogens is 316 g/mol. The summed E-state index contributed by atoms with van der Waals surface area (Å²) in [7, 11) is 1.72. The Balaban J connectivity index is 2.08. The molecule has 1 aromatic rings. The molecule has 1 fully saturated rings. The van der Waals surface area contributed by atoms with Gasteiger partial charge in [0, 0.05) is 10.5 Å². The lowest BCUT2D eigenvalue weighted by atomic mass is 9.91. The van der Waals surface area contributed by atoms with E-state index in [1.807, 2.05) is 12.1 Å². The van der Waals surface area contributed by atoms with Crippen molar-refractivity contribution < 1.29 is 4.74 Å². The maximum atomic E-state index is 5.81. The van der Waals surface area contributed by atoms with Crippen LogP contribution < -0.4 is 16.0 Å². The third-order valence-electron chi connectivity index (χ3n) is 4.62. The first kappa shape index (κ1) is 15.8. The Kier molecular flexibility index (Phi) is 5.87. The van der Waals surface area contributed by atoms with Gasteiger partial charge in [-0.3, -0.25) is 11.3 Å². The van der Waals surface area contributed by atoms with Crippen LogP contribution in [0.3, 0.4) is 0 Å². The van der Waals surface area contributed by atoms with Crippen molar-refractivity contribution in [1.82, 2.24) is 5.43 Å². The molecule has 3 unspecified atom stereocenters. The third-order valence-corrected chi connectivity index (χ3v) is 5.12. The van der Waals surface area contributed by atoms with Crippen LogP contribution in [0, 0.1) is 11.8 Å². The lowest BCUT2D eigenvalue weighted by Crippen LogP contribution is -2.41. The van der Waals surface area contributed by atoms with Crippen LogP contribution in [0.5, 0.6) is 5.75 Å². The van der Waals surface area contributed by atoms with Crippen LogP contribution in [0.15, 0.2) is 22.7 Å². The molecule has 0 amide bonds. The van der Waals surface area contributed by atoms with Crippen LogP contribution in [0.25, 0.3) is 0 Å². The summed E-state index contributed by atoms with van der Waals surface area (Å²) in [5, 5.41) is 0. The molecule has 3 atom stereocenters. The normalized spacial score (nSPS) is 23.8. The van der Waals surface area contributed by atoms with Gasteiger partial charge in [0.05, 0.1) is 7.11 Å². The minimum Gasteiger partial charge on any atom is -0.496 e. The monoisotopic (exact) mass is 340 g/mol. The number of halogens is 1. The Morgan fingerprint density at radius 2 is 2.25 bits per heavy atom. The van der Waals surface area contributed by atoms with Gasteiger partial charge < -0.3 is 4.74 Å². The van der Waals surface area contributed by atoms with Gasteiger partial charge in [0.1, 0.15) is 5.75 Å². The number of benzene rings is 1. The molecule has 1 aliphatic rings. The summed E-state index contributed by atoms with van der Waals surface area (Å²) < 4.78 is 6.55. The van der Waals surface area contributed by atoms with E-state index in [1.54, 1.807) is 7.11 Å². The van der Waals surface area contributed by atoms with Crippen molar-refractivity contribution in [3.05, 3.63) is 28.2 Å². The number of hydrogen-bond acceptors (Lipinski definition) is 3. The number of hydrogen-bond donors (Lipinski definition) is 2. The molecule has 0 saturated heterocycles. The smallest absolute Gasteiger partial charge is 0.122 e. The molecule has 0 spiro atoms. The van der Waals surface area contributed by atoms with Crippen molar-refractivity contribution in [2.75, 3.05) is 7.11 Å². The van der Waals surface area contributed by atoms with Crippen LogP contribution in [0.4, 0.5) is 0 Å². The van der Waals surface area contributed by atoms with E-state index in [0.717, 1.165) is 22.6 Å². The molecule has 3 N–H and O–H groups in total. The average molecular weight is 341 g/mol. The predicted octanol–water partition coefficient (Wildman–Crippen LogP) is 3.66. The Labute approximate surface area is 130 Å². The molecule has 1 aliphatic carbocycles. The van der Waals surface area contributed by atoms with Crippen LogP contribution >= 0.6 is 15.9 Å². The third kappa shape index (κ3) is 3.74. The second-order valence-corrected chi connectivity index (χ2v) is 6.70. The molecule has 20 heavy (non-hydrogen) atoms. The summed E-state index contributed by atoms with van der Waals surface area (Å²) in [5.74, 6) is 8.31. The zero-order valence-electron chi connectivity index (χ0n) is 12.4. The highest BCUT2D eigenvalue weighted by Crippen LogP contribution is 2.36. The molecule has 0 heterocycles. The second kappa shape index (κ2) is 7.43. The number of ether oxygens (including phenoxy) is 1. The summed E-state index contributed by atoms with van der Waals surface area (Å²) >= 11 is 3.53. The second-order valence-electron chi connectivity index (χ2n) is 5.78. The Morgan fingerprint density at radius 3 is 2.85 bits per heavy atom. The fraction of sp³-hybridized carbons (Fsp3) is 0.625. The van der Waals surface area contributed by atoms with Crippen LogP contribution in [-0.4, -0.2) is 13.2 Å². The minimum absolute atomic E-state index is 0.328. The summed E-state index contributed by atoms with van der Waals surface area (Å²) in [6.45, 7) is 2.29. The van der Waals surface area contributed by atoms with E-state index in [9.17, 15) is 0 Å². The molecule has 2 rings (SSSR count). The standard InChI is InChI=1S/C16H25BrN2O/c1-3-11-4-5-12(8-11)15(19-18)10-13-9-14(17)6-7-16(13)20-2/h6-7,9,11-12,15,19H,3-5,8,10,18H2,1-2H3. The highest BCUT2D eigenvalue weighted by Gasteiger charge is 2.30. The van der Waals surface area contributed by atoms with Gasteiger partial charge >= 0.3 is 0 Å². The molecule has 112 valence electrons. The van der Waals surface area contributed by atoms with E-state index in [2.05, 4.69) is 34.3 Å². The van der Waals surface area contributed by atoms with Crippen LogP contribution in [0.1, 0.15) is 38.2 Å². The number of nitrogens with two attached hydrogens (primary N) is 1. The number of nitrogens with one attached hydrogen (secondary N) is 1. The molecule has 3 nitrogen and oxygen atoms in total. The average Bonchev–Trinajstić information content (AvgIpc) is 2.93. The van der Waals surface area contributed by atoms with Gasteiger partial charge in [-0.1, -0.05) is 35.7 Å². The quantitative estimate of drug-likeness (QED) is 0.613. The lowest BCUT2D eigenvalue weighted by molar-refractivity contribution is 0.341. The molecule has 0 aromatic heterocycles. The highest BCUT2D eigenvalue weighted by atomic mass is 79.9. The predicted molar refractivity (Wildman–Crippen MR) is 86.6 cm³/mol. The van der Waals surface area contributed by atoms with Crippen molar-refractivity contribution in [1.29, 1.82) is 0 Å². The zero-order chi connectivity index (χ0) is 14.5. The molecule has 4 heteroatoms. The largest absolute Gasteiger partial charge is 0.496 e. The summed E-state index contributed by atoms with van der Waals surface area (Å²) in [6, 6.07) is 6.48. The van der Waals surface area contributed by atoms with E-state index in [4.69, 9.17) is 10.6 Å². The summed E-state index contributed by atoms with van der Waals surface area (Å²) in [5.41, 5.74) is 4.25. The molecular formula is C16H25BrN2O. The maximum Gasteiger partial charge on any atom is 0.122 e. The first-order valence-corrected chi connectivity index (χ1v) is 8.25. The Hall–Kier alpha value is -0.580. The van der Waals surface area contributed by atoms with Crippen molar-refractivity contribution >= 4 is 15.9 Å². The molecule has 1 aromatic carbocycles. The van der Waals surface area contributed by atoms with E-state index < -0.39 is 0 Å². The van der Waals surface area contributed by atoms with Crippen molar-refractivity contribution in [2.45, 2.75) is 45.1 Å². The first-order chi connectivity index (χ1) is 9.67. The van der Waals surface area contributed by atoms with E-state index in [-0.39, 0.29) is 0 Å². The Morgan fingerprint density at radius 1 is 1.45 bits per heavy atom. The van der Waals surface area contributed by atoms with Crippen molar-refractivity contribution in [3.8, 4) is 5.75 Å². The fourth-order valence-corrected chi connectivity index (χ4v) is 3.76. The zero-order valence-corrected chi connectivity index (χ0v) is 13.9. The van der Waals surface area contributed by atoms with Gasteiger partial charge in [-0.2, -0.15) is 0 Å². The molecule has 0 aliphatic heterocycles. The summed E-state index contributed by atoms with van der Waals surface area (Å²) in [6.07, 6.45) is 6.12. The number of methoxy groups -OCH3 is 1. The Bertz CT molecular complexity index is 438. The van der Waals surface area contributed by atoms with Crippen molar-refractivity contribution in [2.24, 2.45) is 17.7 Å². The van der Waals surface area contributed by atoms with Gasteiger partial charge in [-0.25, -0.2) is 0 Å². The van der Waals surface area contributed by atoms with Crippen LogP contribution in [-0.2, 0) is 6.42 Å². The first-order valence-electron chi connectivity index (χ1n) is 7.46. The van der Waals surface area contributed by atoms with Gasteiger partial charge in [0.15, 0.2) is 0 Å². The molecule has 1 saturated carbocycles. The lowest BCUT2D eigenvalue weighted by Gasteiger charge is -2.24. The van der Waals surface area contributed by atoms with E-state index >= 15 is 0 Å². The maximum absolute atomic E-state index is 5.81. The SMILES string of the molecule is CCC1CCC(C(Cc2cc(Br)ccc2OC)NN)C1. The van der Waals surface area contributed by atoms with Gasteiger partial charge in [0.2, 0.25) is 0 Å². The molecule has 0 bridgehead atoms. The van der Waals surface area contributed by atoms with Crippen LogP contribution in [0.2, 0.25) is 0 Å². The minimum atomic E-state index is 0.328. The number of rotatable bonds is 6. The topological polar surface area (TPSA) is 47.3 Å². The van der Waals surface area contributed by atoms with Gasteiger partial charge in [0.25, 0.3) is 0 Å². The van der Waals surface area contributed by atoms with Crippen molar-refractivity contribution in [3.63, 3.8) is 0 Å².